The van der Waals surface area contributed by atoms with E-state index in [-0.39, 0.29) is 5.82 Å². The number of hydrogen-bond donors (Lipinski definition) is 1. The number of nitrogens with zero attached hydrogens (tertiary/aromatic N) is 1. The molecular weight excluding hydrogens is 203 g/mol. The molecule has 1 aliphatic rings. The molecule has 1 aliphatic heterocycles. The van der Waals surface area contributed by atoms with Crippen molar-refractivity contribution in [3.05, 3.63) is 30.1 Å². The summed E-state index contributed by atoms with van der Waals surface area (Å²) in [5, 5.41) is 3.40. The lowest BCUT2D eigenvalue weighted by molar-refractivity contribution is 0.498. The molecule has 2 rings (SSSR count). The molecule has 0 aliphatic carbocycles. The summed E-state index contributed by atoms with van der Waals surface area (Å²) >= 11 is 0. The molecule has 0 saturated carbocycles. The number of hydrogen-bond acceptors (Lipinski definition) is 2. The summed E-state index contributed by atoms with van der Waals surface area (Å²) in [5.74, 6) is -0.148. The summed E-state index contributed by atoms with van der Waals surface area (Å²) in [7, 11) is 0. The van der Waals surface area contributed by atoms with E-state index >= 15 is 0 Å². The van der Waals surface area contributed by atoms with E-state index in [1.165, 1.54) is 6.07 Å². The Bertz CT molecular complexity index is 340. The number of benzene rings is 1. The zero-order valence-electron chi connectivity index (χ0n) is 9.75. The fraction of sp³-hybridized carbons (Fsp3) is 0.538. The van der Waals surface area contributed by atoms with Crippen molar-refractivity contribution in [2.24, 2.45) is 0 Å². The normalized spacial score (nSPS) is 22.6. The summed E-state index contributed by atoms with van der Waals surface area (Å²) in [4.78, 5) is 2.31. The largest absolute Gasteiger partial charge is 0.369 e. The Hall–Kier alpha value is -1.09. The van der Waals surface area contributed by atoms with E-state index < -0.39 is 0 Å². The highest BCUT2D eigenvalue weighted by Crippen LogP contribution is 2.20. The maximum atomic E-state index is 13.2. The van der Waals surface area contributed by atoms with Crippen LogP contribution in [0.5, 0.6) is 0 Å². The van der Waals surface area contributed by atoms with Gasteiger partial charge in [0.25, 0.3) is 0 Å². The lowest BCUT2D eigenvalue weighted by Gasteiger charge is -2.33. The molecule has 1 aromatic carbocycles. The second-order valence-corrected chi connectivity index (χ2v) is 4.41. The molecule has 0 radical (unpaired) electrons. The minimum Gasteiger partial charge on any atom is -0.369 e. The summed E-state index contributed by atoms with van der Waals surface area (Å²) in [6, 6.07) is 7.38. The van der Waals surface area contributed by atoms with Gasteiger partial charge in [0.15, 0.2) is 0 Å². The van der Waals surface area contributed by atoms with Gasteiger partial charge in [0.2, 0.25) is 0 Å². The van der Waals surface area contributed by atoms with E-state index in [9.17, 15) is 4.39 Å². The van der Waals surface area contributed by atoms with E-state index in [2.05, 4.69) is 17.1 Å². The van der Waals surface area contributed by atoms with Crippen LogP contribution >= 0.6 is 0 Å². The first-order chi connectivity index (χ1) is 7.77. The van der Waals surface area contributed by atoms with Gasteiger partial charge in [0.1, 0.15) is 5.82 Å². The highest BCUT2D eigenvalue weighted by molar-refractivity contribution is 5.47. The Morgan fingerprint density at radius 2 is 2.25 bits per heavy atom. The molecule has 88 valence electrons. The maximum Gasteiger partial charge on any atom is 0.125 e. The van der Waals surface area contributed by atoms with Crippen molar-refractivity contribution < 1.29 is 4.39 Å². The van der Waals surface area contributed by atoms with Crippen molar-refractivity contribution in [3.63, 3.8) is 0 Å². The fourth-order valence-corrected chi connectivity index (χ4v) is 2.22. The molecule has 1 heterocycles. The molecule has 16 heavy (non-hydrogen) atoms. The van der Waals surface area contributed by atoms with Gasteiger partial charge in [-0.2, -0.15) is 0 Å². The first kappa shape index (κ1) is 11.4. The molecule has 1 fully saturated rings. The molecule has 0 bridgehead atoms. The minimum atomic E-state index is -0.148. The van der Waals surface area contributed by atoms with Crippen molar-refractivity contribution in [2.45, 2.75) is 25.8 Å². The molecule has 0 spiro atoms. The van der Waals surface area contributed by atoms with Crippen molar-refractivity contribution in [2.75, 3.05) is 24.5 Å². The second kappa shape index (κ2) is 5.30. The molecule has 1 unspecified atom stereocenters. The van der Waals surface area contributed by atoms with Gasteiger partial charge >= 0.3 is 0 Å². The Morgan fingerprint density at radius 1 is 1.38 bits per heavy atom. The van der Waals surface area contributed by atoms with Gasteiger partial charge in [-0.25, -0.2) is 4.39 Å². The van der Waals surface area contributed by atoms with Crippen LogP contribution in [0.1, 0.15) is 19.8 Å². The van der Waals surface area contributed by atoms with Gasteiger partial charge in [0.05, 0.1) is 0 Å². The second-order valence-electron chi connectivity index (χ2n) is 4.41. The fourth-order valence-electron chi connectivity index (χ4n) is 2.22. The van der Waals surface area contributed by atoms with Crippen LogP contribution < -0.4 is 10.2 Å². The van der Waals surface area contributed by atoms with E-state index in [1.54, 1.807) is 12.1 Å². The topological polar surface area (TPSA) is 15.3 Å². The van der Waals surface area contributed by atoms with Crippen molar-refractivity contribution >= 4 is 5.69 Å². The van der Waals surface area contributed by atoms with Crippen LogP contribution in [-0.4, -0.2) is 25.7 Å². The number of nitrogens with one attached hydrogen (secondary N) is 1. The van der Waals surface area contributed by atoms with E-state index in [0.717, 1.165) is 38.2 Å². The quantitative estimate of drug-likeness (QED) is 0.785. The smallest absolute Gasteiger partial charge is 0.125 e. The standard InChI is InChI=1S/C13H19FN2/c1-11-6-8-15-7-3-9-16(11)13-5-2-4-12(14)10-13/h2,4-5,10-11,15H,3,6-9H2,1H3. The SMILES string of the molecule is CC1CCNCCCN1c1cccc(F)c1. The molecular formula is C13H19FN2. The molecule has 1 aromatic rings. The highest BCUT2D eigenvalue weighted by atomic mass is 19.1. The Kier molecular flexibility index (Phi) is 3.78. The van der Waals surface area contributed by atoms with Crippen LogP contribution in [0.15, 0.2) is 24.3 Å². The first-order valence-corrected chi connectivity index (χ1v) is 6.00. The lowest BCUT2D eigenvalue weighted by atomic mass is 10.1. The van der Waals surface area contributed by atoms with Gasteiger partial charge < -0.3 is 10.2 Å². The average molecular weight is 222 g/mol. The van der Waals surface area contributed by atoms with Crippen LogP contribution in [-0.2, 0) is 0 Å². The molecule has 1 atom stereocenters. The van der Waals surface area contributed by atoms with Crippen molar-refractivity contribution in [3.8, 4) is 0 Å². The maximum absolute atomic E-state index is 13.2. The lowest BCUT2D eigenvalue weighted by Crippen LogP contribution is -2.40. The molecule has 3 heteroatoms. The Balaban J connectivity index is 2.15. The third-order valence-corrected chi connectivity index (χ3v) is 3.16. The van der Waals surface area contributed by atoms with Crippen LogP contribution in [0.2, 0.25) is 0 Å². The van der Waals surface area contributed by atoms with Gasteiger partial charge in [-0.15, -0.1) is 0 Å². The third-order valence-electron chi connectivity index (χ3n) is 3.16. The van der Waals surface area contributed by atoms with Crippen molar-refractivity contribution in [1.82, 2.24) is 5.32 Å². The number of anilines is 1. The number of rotatable bonds is 1. The molecule has 0 aromatic heterocycles. The van der Waals surface area contributed by atoms with Crippen LogP contribution in [0.4, 0.5) is 10.1 Å². The summed E-state index contributed by atoms with van der Waals surface area (Å²) in [6.07, 6.45) is 2.22. The van der Waals surface area contributed by atoms with E-state index in [0.29, 0.717) is 6.04 Å². The van der Waals surface area contributed by atoms with Crippen LogP contribution in [0.25, 0.3) is 0 Å². The number of halogens is 1. The molecule has 0 amide bonds. The van der Waals surface area contributed by atoms with E-state index in [4.69, 9.17) is 0 Å². The van der Waals surface area contributed by atoms with Crippen molar-refractivity contribution in [1.29, 1.82) is 0 Å². The Morgan fingerprint density at radius 3 is 3.06 bits per heavy atom. The summed E-state index contributed by atoms with van der Waals surface area (Å²) in [5.41, 5.74) is 1.01. The molecule has 1 saturated heterocycles. The first-order valence-electron chi connectivity index (χ1n) is 6.00. The van der Waals surface area contributed by atoms with Gasteiger partial charge in [-0.3, -0.25) is 0 Å². The van der Waals surface area contributed by atoms with Gasteiger partial charge in [-0.1, -0.05) is 6.07 Å². The zero-order chi connectivity index (χ0) is 11.4. The third kappa shape index (κ3) is 2.73. The Labute approximate surface area is 96.5 Å². The monoisotopic (exact) mass is 222 g/mol. The zero-order valence-corrected chi connectivity index (χ0v) is 9.75. The van der Waals surface area contributed by atoms with E-state index in [1.807, 2.05) is 6.07 Å². The van der Waals surface area contributed by atoms with Crippen LogP contribution in [0.3, 0.4) is 0 Å². The van der Waals surface area contributed by atoms with Crippen LogP contribution in [0, 0.1) is 5.82 Å². The molecule has 2 nitrogen and oxygen atoms in total. The predicted octanol–water partition coefficient (Wildman–Crippen LogP) is 2.40. The predicted molar refractivity (Wildman–Crippen MR) is 65.3 cm³/mol. The highest BCUT2D eigenvalue weighted by Gasteiger charge is 2.16. The molecule has 1 N–H and O–H groups in total. The summed E-state index contributed by atoms with van der Waals surface area (Å²) in [6.45, 7) is 5.31. The summed E-state index contributed by atoms with van der Waals surface area (Å²) < 4.78 is 13.2. The average Bonchev–Trinajstić information content (AvgIpc) is 2.24. The minimum absolute atomic E-state index is 0.148. The van der Waals surface area contributed by atoms with Gasteiger partial charge in [0, 0.05) is 18.3 Å². The van der Waals surface area contributed by atoms with Gasteiger partial charge in [-0.05, 0) is 51.1 Å².